The van der Waals surface area contributed by atoms with Gasteiger partial charge < -0.3 is 15.4 Å². The highest BCUT2D eigenvalue weighted by atomic mass is 35.5. The Kier molecular flexibility index (Phi) is 6.83. The van der Waals surface area contributed by atoms with E-state index in [2.05, 4.69) is 10.6 Å². The molecule has 0 saturated heterocycles. The van der Waals surface area contributed by atoms with Crippen molar-refractivity contribution in [2.75, 3.05) is 5.32 Å². The standard InChI is InChI=1S/C23H19ClN2O4/c1-15(27)25-14-16-6-8-17(9-7-16)23(29)30-19-12-10-18(11-13-19)26-22(28)20-4-2-3-5-21(20)24/h2-13H,14H2,1H3,(H,25,27)(H,26,28). The molecule has 0 aliphatic rings. The summed E-state index contributed by atoms with van der Waals surface area (Å²) in [7, 11) is 0. The second-order valence-electron chi connectivity index (χ2n) is 6.45. The Balaban J connectivity index is 1.58. The zero-order valence-electron chi connectivity index (χ0n) is 16.1. The topological polar surface area (TPSA) is 84.5 Å². The van der Waals surface area contributed by atoms with E-state index in [9.17, 15) is 14.4 Å². The van der Waals surface area contributed by atoms with Crippen LogP contribution in [0.4, 0.5) is 5.69 Å². The molecule has 3 aromatic rings. The molecule has 2 amide bonds. The van der Waals surface area contributed by atoms with Crippen LogP contribution in [0.3, 0.4) is 0 Å². The number of carbonyl (C=O) groups is 3. The maximum Gasteiger partial charge on any atom is 0.343 e. The predicted molar refractivity (Wildman–Crippen MR) is 115 cm³/mol. The number of halogens is 1. The fraction of sp³-hybridized carbons (Fsp3) is 0.0870. The molecule has 3 aromatic carbocycles. The Morgan fingerprint density at radius 3 is 2.20 bits per heavy atom. The van der Waals surface area contributed by atoms with E-state index in [4.69, 9.17) is 16.3 Å². The van der Waals surface area contributed by atoms with Crippen molar-refractivity contribution in [1.82, 2.24) is 5.32 Å². The second kappa shape index (κ2) is 9.71. The van der Waals surface area contributed by atoms with Crippen LogP contribution in [-0.2, 0) is 11.3 Å². The van der Waals surface area contributed by atoms with Gasteiger partial charge in [0.05, 0.1) is 16.1 Å². The van der Waals surface area contributed by atoms with Crippen LogP contribution in [0, 0.1) is 0 Å². The lowest BCUT2D eigenvalue weighted by Gasteiger charge is -2.09. The molecular weight excluding hydrogens is 404 g/mol. The minimum absolute atomic E-state index is 0.120. The number of nitrogens with one attached hydrogen (secondary N) is 2. The van der Waals surface area contributed by atoms with E-state index in [0.29, 0.717) is 34.1 Å². The summed E-state index contributed by atoms with van der Waals surface area (Å²) in [6.45, 7) is 1.84. The summed E-state index contributed by atoms with van der Waals surface area (Å²) in [4.78, 5) is 35.5. The molecule has 0 saturated carbocycles. The molecule has 6 nitrogen and oxygen atoms in total. The maximum absolute atomic E-state index is 12.3. The number of benzene rings is 3. The Hall–Kier alpha value is -3.64. The predicted octanol–water partition coefficient (Wildman–Crippen LogP) is 4.45. The van der Waals surface area contributed by atoms with E-state index in [1.165, 1.54) is 6.92 Å². The van der Waals surface area contributed by atoms with Gasteiger partial charge in [0.15, 0.2) is 0 Å². The van der Waals surface area contributed by atoms with Gasteiger partial charge in [0, 0.05) is 19.2 Å². The van der Waals surface area contributed by atoms with Crippen LogP contribution >= 0.6 is 11.6 Å². The lowest BCUT2D eigenvalue weighted by atomic mass is 10.1. The molecular formula is C23H19ClN2O4. The van der Waals surface area contributed by atoms with E-state index in [0.717, 1.165) is 5.56 Å². The number of hydrogen-bond acceptors (Lipinski definition) is 4. The van der Waals surface area contributed by atoms with Crippen LogP contribution in [0.25, 0.3) is 0 Å². The first-order valence-electron chi connectivity index (χ1n) is 9.14. The highest BCUT2D eigenvalue weighted by Crippen LogP contribution is 2.20. The largest absolute Gasteiger partial charge is 0.423 e. The van der Waals surface area contributed by atoms with Crippen molar-refractivity contribution < 1.29 is 19.1 Å². The molecule has 152 valence electrons. The van der Waals surface area contributed by atoms with Gasteiger partial charge in [-0.3, -0.25) is 9.59 Å². The lowest BCUT2D eigenvalue weighted by Crippen LogP contribution is -2.19. The van der Waals surface area contributed by atoms with Gasteiger partial charge in [-0.1, -0.05) is 35.9 Å². The Bertz CT molecular complexity index is 1060. The summed E-state index contributed by atoms with van der Waals surface area (Å²) >= 11 is 6.03. The van der Waals surface area contributed by atoms with Crippen molar-refractivity contribution >= 4 is 35.1 Å². The van der Waals surface area contributed by atoms with Gasteiger partial charge in [-0.15, -0.1) is 0 Å². The van der Waals surface area contributed by atoms with Crippen molar-refractivity contribution in [3.8, 4) is 5.75 Å². The highest BCUT2D eigenvalue weighted by molar-refractivity contribution is 6.34. The summed E-state index contributed by atoms with van der Waals surface area (Å²) < 4.78 is 5.36. The van der Waals surface area contributed by atoms with E-state index in [-0.39, 0.29) is 11.8 Å². The third kappa shape index (κ3) is 5.68. The van der Waals surface area contributed by atoms with Gasteiger partial charge in [-0.05, 0) is 54.1 Å². The highest BCUT2D eigenvalue weighted by Gasteiger charge is 2.11. The monoisotopic (exact) mass is 422 g/mol. The van der Waals surface area contributed by atoms with Gasteiger partial charge in [0.1, 0.15) is 5.75 Å². The van der Waals surface area contributed by atoms with E-state index in [1.54, 1.807) is 72.8 Å². The summed E-state index contributed by atoms with van der Waals surface area (Å²) in [6, 6.07) is 20.0. The fourth-order valence-electron chi connectivity index (χ4n) is 2.60. The molecule has 7 heteroatoms. The van der Waals surface area contributed by atoms with Gasteiger partial charge in [0.25, 0.3) is 5.91 Å². The first kappa shape index (κ1) is 21.1. The molecule has 0 bridgehead atoms. The number of anilines is 1. The number of esters is 1. The number of hydrogen-bond donors (Lipinski definition) is 2. The molecule has 0 radical (unpaired) electrons. The Morgan fingerprint density at radius 2 is 1.57 bits per heavy atom. The van der Waals surface area contributed by atoms with Crippen LogP contribution in [0.2, 0.25) is 5.02 Å². The molecule has 0 fully saturated rings. The molecule has 0 aliphatic carbocycles. The number of carbonyl (C=O) groups excluding carboxylic acids is 3. The Labute approximate surface area is 178 Å². The molecule has 0 atom stereocenters. The molecule has 0 aliphatic heterocycles. The zero-order valence-corrected chi connectivity index (χ0v) is 16.9. The van der Waals surface area contributed by atoms with Crippen LogP contribution in [0.15, 0.2) is 72.8 Å². The van der Waals surface area contributed by atoms with Crippen molar-refractivity contribution in [1.29, 1.82) is 0 Å². The molecule has 30 heavy (non-hydrogen) atoms. The first-order chi connectivity index (χ1) is 14.4. The van der Waals surface area contributed by atoms with E-state index in [1.807, 2.05) is 0 Å². The van der Waals surface area contributed by atoms with E-state index < -0.39 is 5.97 Å². The normalized spacial score (nSPS) is 10.2. The second-order valence-corrected chi connectivity index (χ2v) is 6.86. The minimum Gasteiger partial charge on any atom is -0.423 e. The smallest absolute Gasteiger partial charge is 0.343 e. The molecule has 0 spiro atoms. The maximum atomic E-state index is 12.3. The molecule has 3 rings (SSSR count). The SMILES string of the molecule is CC(=O)NCc1ccc(C(=O)Oc2ccc(NC(=O)c3ccccc3Cl)cc2)cc1. The summed E-state index contributed by atoms with van der Waals surface area (Å²) in [5.41, 5.74) is 2.18. The number of amides is 2. The minimum atomic E-state index is -0.506. The van der Waals surface area contributed by atoms with Crippen molar-refractivity contribution in [3.63, 3.8) is 0 Å². The third-order valence-electron chi connectivity index (χ3n) is 4.17. The van der Waals surface area contributed by atoms with Crippen molar-refractivity contribution in [2.24, 2.45) is 0 Å². The fourth-order valence-corrected chi connectivity index (χ4v) is 2.82. The van der Waals surface area contributed by atoms with Crippen LogP contribution in [0.5, 0.6) is 5.75 Å². The van der Waals surface area contributed by atoms with Gasteiger partial charge in [-0.2, -0.15) is 0 Å². The Morgan fingerprint density at radius 1 is 0.900 bits per heavy atom. The van der Waals surface area contributed by atoms with Crippen LogP contribution in [0.1, 0.15) is 33.2 Å². The zero-order chi connectivity index (χ0) is 21.5. The summed E-state index contributed by atoms with van der Waals surface area (Å²) in [6.07, 6.45) is 0. The third-order valence-corrected chi connectivity index (χ3v) is 4.50. The van der Waals surface area contributed by atoms with Gasteiger partial charge in [-0.25, -0.2) is 4.79 Å². The lowest BCUT2D eigenvalue weighted by molar-refractivity contribution is -0.119. The quantitative estimate of drug-likeness (QED) is 0.454. The number of ether oxygens (including phenoxy) is 1. The molecule has 0 heterocycles. The van der Waals surface area contributed by atoms with Gasteiger partial charge >= 0.3 is 5.97 Å². The number of rotatable bonds is 6. The average Bonchev–Trinajstić information content (AvgIpc) is 2.74. The average molecular weight is 423 g/mol. The summed E-state index contributed by atoms with van der Waals surface area (Å²) in [5, 5.41) is 5.80. The van der Waals surface area contributed by atoms with E-state index >= 15 is 0 Å². The molecule has 2 N–H and O–H groups in total. The van der Waals surface area contributed by atoms with Crippen molar-refractivity contribution in [3.05, 3.63) is 94.5 Å². The van der Waals surface area contributed by atoms with Crippen LogP contribution < -0.4 is 15.4 Å². The van der Waals surface area contributed by atoms with Crippen LogP contribution in [-0.4, -0.2) is 17.8 Å². The summed E-state index contributed by atoms with van der Waals surface area (Å²) in [5.74, 6) is -0.610. The van der Waals surface area contributed by atoms with Gasteiger partial charge in [0.2, 0.25) is 5.91 Å². The van der Waals surface area contributed by atoms with Crippen molar-refractivity contribution in [2.45, 2.75) is 13.5 Å². The molecule has 0 aromatic heterocycles. The first-order valence-corrected chi connectivity index (χ1v) is 9.51. The molecule has 0 unspecified atom stereocenters.